The van der Waals surface area contributed by atoms with Crippen molar-refractivity contribution in [2.24, 2.45) is 11.1 Å². The number of carbonyl (C=O) groups is 1. The molecule has 162 valence electrons. The molecule has 3 N–H and O–H groups in total. The lowest BCUT2D eigenvalue weighted by Gasteiger charge is -2.34. The highest BCUT2D eigenvalue weighted by Crippen LogP contribution is 2.25. The van der Waals surface area contributed by atoms with E-state index in [0.29, 0.717) is 12.4 Å². The molecule has 1 aliphatic rings. The highest BCUT2D eigenvalue weighted by Gasteiger charge is 2.30. The van der Waals surface area contributed by atoms with Gasteiger partial charge in [-0.15, -0.1) is 0 Å². The Labute approximate surface area is 178 Å². The van der Waals surface area contributed by atoms with Gasteiger partial charge in [-0.1, -0.05) is 37.9 Å². The molecule has 0 aromatic heterocycles. The Kier molecular flexibility index (Phi) is 9.46. The number of rotatable bonds is 10. The van der Waals surface area contributed by atoms with Gasteiger partial charge >= 0.3 is 0 Å². The molecule has 1 heterocycles. The zero-order chi connectivity index (χ0) is 21.3. The number of piperidine rings is 1. The Balaban J connectivity index is 1.67. The molecule has 1 saturated heterocycles. The molecule has 0 bridgehead atoms. The first kappa shape index (κ1) is 23.7. The minimum atomic E-state index is -0.452. The van der Waals surface area contributed by atoms with Crippen molar-refractivity contribution in [1.29, 1.82) is 0 Å². The number of nitrogens with zero attached hydrogens (tertiary/aromatic N) is 1. The number of allylic oxidation sites excluding steroid dienone is 1. The molecule has 1 fully saturated rings. The predicted octanol–water partition coefficient (Wildman–Crippen LogP) is 4.10. The number of hydrogen-bond acceptors (Lipinski definition) is 5. The molecule has 1 atom stereocenters. The number of benzene rings is 1. The molecule has 1 aliphatic heterocycles. The van der Waals surface area contributed by atoms with Crippen LogP contribution in [0.3, 0.4) is 0 Å². The molecule has 1 aromatic rings. The van der Waals surface area contributed by atoms with E-state index in [1.54, 1.807) is 24.1 Å². The summed E-state index contributed by atoms with van der Waals surface area (Å²) in [5.41, 5.74) is 5.57. The summed E-state index contributed by atoms with van der Waals surface area (Å²) in [7, 11) is 0. The number of carbonyl (C=O) groups excluding carboxylic acids is 1. The van der Waals surface area contributed by atoms with Gasteiger partial charge in [0.15, 0.2) is 0 Å². The van der Waals surface area contributed by atoms with Crippen LogP contribution in [0, 0.1) is 11.2 Å². The molecule has 5 nitrogen and oxygen atoms in total. The summed E-state index contributed by atoms with van der Waals surface area (Å²) >= 11 is 1.66. The standard InChI is InChI=1S/C22H34FN3O2S/c1-4-6-20(24)29-26-14-11-18(12-15-26)25-21(27)22(2,3)13-5-16-28-19-9-7-17(23)8-10-19/h4,6-10,18,20H,5,11-16,24H2,1-3H3,(H,25,27)/b6-4-. The van der Waals surface area contributed by atoms with E-state index < -0.39 is 5.41 Å². The maximum absolute atomic E-state index is 12.9. The molecule has 0 radical (unpaired) electrons. The Bertz CT molecular complexity index is 659. The van der Waals surface area contributed by atoms with Crippen molar-refractivity contribution in [1.82, 2.24) is 9.62 Å². The Morgan fingerprint density at radius 2 is 2.03 bits per heavy atom. The van der Waals surface area contributed by atoms with Crippen LogP contribution >= 0.6 is 11.9 Å². The van der Waals surface area contributed by atoms with Gasteiger partial charge in [-0.2, -0.15) is 0 Å². The van der Waals surface area contributed by atoms with Crippen LogP contribution in [0.5, 0.6) is 5.75 Å². The minimum absolute atomic E-state index is 0.0118. The van der Waals surface area contributed by atoms with Crippen molar-refractivity contribution in [3.63, 3.8) is 0 Å². The zero-order valence-corrected chi connectivity index (χ0v) is 18.5. The summed E-state index contributed by atoms with van der Waals surface area (Å²) in [5.74, 6) is 0.462. The molecule has 2 rings (SSSR count). The van der Waals surface area contributed by atoms with E-state index in [4.69, 9.17) is 10.5 Å². The van der Waals surface area contributed by atoms with Crippen LogP contribution in [0.4, 0.5) is 4.39 Å². The maximum atomic E-state index is 12.9. The van der Waals surface area contributed by atoms with Crippen molar-refractivity contribution in [2.75, 3.05) is 19.7 Å². The fourth-order valence-electron chi connectivity index (χ4n) is 3.23. The molecule has 1 unspecified atom stereocenters. The average molecular weight is 424 g/mol. The van der Waals surface area contributed by atoms with Gasteiger partial charge in [-0.05, 0) is 56.9 Å². The Morgan fingerprint density at radius 1 is 1.38 bits per heavy atom. The number of nitrogens with one attached hydrogen (secondary N) is 1. The maximum Gasteiger partial charge on any atom is 0.225 e. The lowest BCUT2D eigenvalue weighted by atomic mass is 9.86. The van der Waals surface area contributed by atoms with E-state index in [-0.39, 0.29) is 23.1 Å². The first-order valence-corrected chi connectivity index (χ1v) is 11.1. The number of halogens is 1. The second-order valence-corrected chi connectivity index (χ2v) is 9.33. The molecule has 7 heteroatoms. The number of nitrogens with two attached hydrogens (primary N) is 1. The van der Waals surface area contributed by atoms with Gasteiger partial charge in [0.2, 0.25) is 5.91 Å². The van der Waals surface area contributed by atoms with E-state index in [1.165, 1.54) is 12.1 Å². The van der Waals surface area contributed by atoms with Gasteiger partial charge in [-0.3, -0.25) is 4.79 Å². The Hall–Kier alpha value is -1.57. The molecular weight excluding hydrogens is 389 g/mol. The number of ether oxygens (including phenoxy) is 1. The summed E-state index contributed by atoms with van der Waals surface area (Å²) in [6.45, 7) is 8.27. The van der Waals surface area contributed by atoms with Crippen LogP contribution in [-0.4, -0.2) is 41.3 Å². The van der Waals surface area contributed by atoms with Gasteiger partial charge in [0.05, 0.1) is 12.0 Å². The van der Waals surface area contributed by atoms with E-state index in [2.05, 4.69) is 9.62 Å². The first-order valence-electron chi connectivity index (χ1n) is 10.3. The lowest BCUT2D eigenvalue weighted by Crippen LogP contribution is -2.47. The quantitative estimate of drug-likeness (QED) is 0.257. The van der Waals surface area contributed by atoms with Crippen molar-refractivity contribution in [2.45, 2.75) is 57.9 Å². The summed E-state index contributed by atoms with van der Waals surface area (Å²) in [6, 6.07) is 6.20. The van der Waals surface area contributed by atoms with Crippen LogP contribution < -0.4 is 15.8 Å². The fraction of sp³-hybridized carbons (Fsp3) is 0.591. The number of amides is 1. The van der Waals surface area contributed by atoms with Crippen molar-refractivity contribution in [3.8, 4) is 5.75 Å². The zero-order valence-electron chi connectivity index (χ0n) is 17.7. The summed E-state index contributed by atoms with van der Waals surface area (Å²) in [5, 5.41) is 3.21. The van der Waals surface area contributed by atoms with Crippen LogP contribution in [0.25, 0.3) is 0 Å². The van der Waals surface area contributed by atoms with Crippen LogP contribution in [0.1, 0.15) is 46.5 Å². The predicted molar refractivity (Wildman–Crippen MR) is 118 cm³/mol. The summed E-state index contributed by atoms with van der Waals surface area (Å²) in [4.78, 5) is 12.7. The fourth-order valence-corrected chi connectivity index (χ4v) is 4.23. The third kappa shape index (κ3) is 8.36. The van der Waals surface area contributed by atoms with Gasteiger partial charge in [0.1, 0.15) is 11.6 Å². The third-order valence-electron chi connectivity index (χ3n) is 5.09. The minimum Gasteiger partial charge on any atom is -0.494 e. The van der Waals surface area contributed by atoms with Gasteiger partial charge in [0.25, 0.3) is 0 Å². The average Bonchev–Trinajstić information content (AvgIpc) is 2.68. The normalized spacial score (nSPS) is 17.4. The monoisotopic (exact) mass is 423 g/mol. The van der Waals surface area contributed by atoms with Crippen molar-refractivity contribution in [3.05, 3.63) is 42.2 Å². The van der Waals surface area contributed by atoms with Crippen LogP contribution in [0.2, 0.25) is 0 Å². The number of hydrogen-bond donors (Lipinski definition) is 2. The van der Waals surface area contributed by atoms with Crippen LogP contribution in [0.15, 0.2) is 36.4 Å². The van der Waals surface area contributed by atoms with Gasteiger partial charge in [0, 0.05) is 24.5 Å². The second-order valence-electron chi connectivity index (χ2n) is 8.06. The van der Waals surface area contributed by atoms with Crippen molar-refractivity contribution < 1.29 is 13.9 Å². The molecule has 1 amide bonds. The summed E-state index contributed by atoms with van der Waals surface area (Å²) in [6.07, 6.45) is 7.32. The highest BCUT2D eigenvalue weighted by molar-refractivity contribution is 7.97. The van der Waals surface area contributed by atoms with E-state index in [1.807, 2.05) is 32.9 Å². The third-order valence-corrected chi connectivity index (χ3v) is 6.15. The molecule has 0 spiro atoms. The SMILES string of the molecule is C/C=C\C(N)SN1CCC(NC(=O)C(C)(C)CCCOc2ccc(F)cc2)CC1. The molecule has 1 aromatic carbocycles. The molecule has 29 heavy (non-hydrogen) atoms. The largest absolute Gasteiger partial charge is 0.494 e. The van der Waals surface area contributed by atoms with E-state index in [0.717, 1.165) is 38.8 Å². The van der Waals surface area contributed by atoms with Crippen LogP contribution in [-0.2, 0) is 4.79 Å². The second kappa shape index (κ2) is 11.6. The smallest absolute Gasteiger partial charge is 0.225 e. The lowest BCUT2D eigenvalue weighted by molar-refractivity contribution is -0.130. The first-order chi connectivity index (χ1) is 13.8. The molecule has 0 saturated carbocycles. The molecule has 0 aliphatic carbocycles. The van der Waals surface area contributed by atoms with E-state index in [9.17, 15) is 9.18 Å². The topological polar surface area (TPSA) is 67.6 Å². The van der Waals surface area contributed by atoms with E-state index >= 15 is 0 Å². The summed E-state index contributed by atoms with van der Waals surface area (Å²) < 4.78 is 20.8. The van der Waals surface area contributed by atoms with Crippen molar-refractivity contribution >= 4 is 17.9 Å². The van der Waals surface area contributed by atoms with Gasteiger partial charge in [-0.25, -0.2) is 8.70 Å². The van der Waals surface area contributed by atoms with Gasteiger partial charge < -0.3 is 15.8 Å². The molecular formula is C22H34FN3O2S. The highest BCUT2D eigenvalue weighted by atomic mass is 32.2. The Morgan fingerprint density at radius 3 is 2.66 bits per heavy atom.